The number of hydrogen-bond donors (Lipinski definition) is 2. The van der Waals surface area contributed by atoms with Gasteiger partial charge in [0.05, 0.1) is 5.71 Å². The van der Waals surface area contributed by atoms with E-state index in [1.807, 2.05) is 24.4 Å². The number of aryl methyl sites for hydroxylation is 1. The molecular formula is C19H16N2O. The third-order valence-corrected chi connectivity index (χ3v) is 4.29. The maximum atomic E-state index is 9.37. The Morgan fingerprint density at radius 3 is 2.73 bits per heavy atom. The Morgan fingerprint density at radius 2 is 1.82 bits per heavy atom. The number of aromatic nitrogens is 1. The molecule has 0 saturated heterocycles. The summed E-state index contributed by atoms with van der Waals surface area (Å²) in [7, 11) is 0. The smallest absolute Gasteiger partial charge is 0.0877 e. The minimum atomic E-state index is 0.754. The maximum absolute atomic E-state index is 9.37. The molecular weight excluding hydrogens is 272 g/mol. The first kappa shape index (κ1) is 12.9. The molecule has 1 aliphatic rings. The molecule has 0 aliphatic heterocycles. The van der Waals surface area contributed by atoms with Crippen molar-refractivity contribution in [1.29, 1.82) is 0 Å². The molecule has 1 aliphatic carbocycles. The van der Waals surface area contributed by atoms with E-state index in [2.05, 4.69) is 46.5 Å². The number of nitrogens with one attached hydrogen (secondary N) is 1. The van der Waals surface area contributed by atoms with Gasteiger partial charge in [-0.2, -0.15) is 0 Å². The summed E-state index contributed by atoms with van der Waals surface area (Å²) in [5.41, 5.74) is 6.45. The zero-order valence-electron chi connectivity index (χ0n) is 12.1. The van der Waals surface area contributed by atoms with Crippen molar-refractivity contribution in [3.8, 4) is 0 Å². The van der Waals surface area contributed by atoms with Gasteiger partial charge in [-0.3, -0.25) is 0 Å². The van der Waals surface area contributed by atoms with Crippen molar-refractivity contribution < 1.29 is 5.21 Å². The van der Waals surface area contributed by atoms with Gasteiger partial charge in [-0.25, -0.2) is 0 Å². The Bertz CT molecular complexity index is 902. The summed E-state index contributed by atoms with van der Waals surface area (Å²) in [5, 5.41) is 14.1. The highest BCUT2D eigenvalue weighted by Gasteiger charge is 2.20. The van der Waals surface area contributed by atoms with E-state index in [4.69, 9.17) is 0 Å². The molecule has 0 unspecified atom stereocenters. The lowest BCUT2D eigenvalue weighted by Crippen LogP contribution is -2.12. The Hall–Kier alpha value is -2.81. The summed E-state index contributed by atoms with van der Waals surface area (Å²) < 4.78 is 0. The molecule has 0 atom stereocenters. The fourth-order valence-corrected chi connectivity index (χ4v) is 3.18. The third-order valence-electron chi connectivity index (χ3n) is 4.29. The molecule has 0 amide bonds. The average Bonchev–Trinajstić information content (AvgIpc) is 2.98. The van der Waals surface area contributed by atoms with Gasteiger partial charge in [0.25, 0.3) is 0 Å². The average molecular weight is 288 g/mol. The van der Waals surface area contributed by atoms with Crippen LogP contribution in [0.1, 0.15) is 23.1 Å². The van der Waals surface area contributed by atoms with Crippen LogP contribution in [0.15, 0.2) is 59.9 Å². The van der Waals surface area contributed by atoms with Gasteiger partial charge < -0.3 is 10.2 Å². The largest absolute Gasteiger partial charge is 0.411 e. The summed E-state index contributed by atoms with van der Waals surface area (Å²) in [4.78, 5) is 3.29. The molecule has 22 heavy (non-hydrogen) atoms. The molecule has 3 aromatic rings. The number of rotatable bonds is 1. The normalized spacial score (nSPS) is 18.0. The van der Waals surface area contributed by atoms with Crippen molar-refractivity contribution in [2.24, 2.45) is 5.16 Å². The predicted molar refractivity (Wildman–Crippen MR) is 90.2 cm³/mol. The zero-order chi connectivity index (χ0) is 14.9. The highest BCUT2D eigenvalue weighted by molar-refractivity contribution is 6.29. The van der Waals surface area contributed by atoms with E-state index in [0.717, 1.165) is 40.8 Å². The van der Waals surface area contributed by atoms with Crippen LogP contribution in [0, 0.1) is 0 Å². The number of aromatic amines is 1. The zero-order valence-corrected chi connectivity index (χ0v) is 12.1. The molecule has 2 aromatic carbocycles. The van der Waals surface area contributed by atoms with Crippen molar-refractivity contribution >= 4 is 28.3 Å². The molecule has 0 bridgehead atoms. The van der Waals surface area contributed by atoms with Crippen LogP contribution < -0.4 is 0 Å². The van der Waals surface area contributed by atoms with E-state index in [1.165, 1.54) is 10.9 Å². The fourth-order valence-electron chi connectivity index (χ4n) is 3.18. The Labute approximate surface area is 128 Å². The van der Waals surface area contributed by atoms with E-state index in [-0.39, 0.29) is 0 Å². The fraction of sp³-hybridized carbons (Fsp3) is 0.105. The van der Waals surface area contributed by atoms with Crippen LogP contribution in [0.2, 0.25) is 0 Å². The monoisotopic (exact) mass is 288 g/mol. The van der Waals surface area contributed by atoms with Crippen LogP contribution in [-0.2, 0) is 6.42 Å². The topological polar surface area (TPSA) is 48.4 Å². The van der Waals surface area contributed by atoms with Crippen molar-refractivity contribution in [2.45, 2.75) is 12.8 Å². The van der Waals surface area contributed by atoms with Crippen LogP contribution in [0.3, 0.4) is 0 Å². The van der Waals surface area contributed by atoms with E-state index in [0.29, 0.717) is 0 Å². The lowest BCUT2D eigenvalue weighted by molar-refractivity contribution is 0.318. The quantitative estimate of drug-likeness (QED) is 0.503. The van der Waals surface area contributed by atoms with Crippen molar-refractivity contribution in [3.05, 3.63) is 71.4 Å². The SMILES string of the molecule is ON=C1CCc2ccccc2C1=Cc1c[nH]c2ccccc12. The minimum absolute atomic E-state index is 0.754. The van der Waals surface area contributed by atoms with Gasteiger partial charge in [0.2, 0.25) is 0 Å². The summed E-state index contributed by atoms with van der Waals surface area (Å²) in [5.74, 6) is 0. The summed E-state index contributed by atoms with van der Waals surface area (Å²) >= 11 is 0. The summed E-state index contributed by atoms with van der Waals surface area (Å²) in [6, 6.07) is 16.6. The summed E-state index contributed by atoms with van der Waals surface area (Å²) in [6.45, 7) is 0. The molecule has 2 N–H and O–H groups in total. The summed E-state index contributed by atoms with van der Waals surface area (Å²) in [6.07, 6.45) is 5.80. The maximum Gasteiger partial charge on any atom is 0.0877 e. The number of allylic oxidation sites excluding steroid dienone is 1. The highest BCUT2D eigenvalue weighted by Crippen LogP contribution is 2.32. The number of benzene rings is 2. The van der Waals surface area contributed by atoms with Gasteiger partial charge in [0.1, 0.15) is 0 Å². The Balaban J connectivity index is 1.92. The van der Waals surface area contributed by atoms with Crippen molar-refractivity contribution in [2.75, 3.05) is 0 Å². The van der Waals surface area contributed by atoms with Crippen LogP contribution in [0.25, 0.3) is 22.6 Å². The Kier molecular flexibility index (Phi) is 3.04. The molecule has 0 fully saturated rings. The molecule has 0 spiro atoms. The van der Waals surface area contributed by atoms with E-state index in [9.17, 15) is 5.21 Å². The second kappa shape index (κ2) is 5.19. The number of para-hydroxylation sites is 1. The predicted octanol–water partition coefficient (Wildman–Crippen LogP) is 4.48. The molecule has 4 rings (SSSR count). The second-order valence-corrected chi connectivity index (χ2v) is 5.55. The van der Waals surface area contributed by atoms with Crippen LogP contribution in [-0.4, -0.2) is 15.9 Å². The van der Waals surface area contributed by atoms with Gasteiger partial charge in [0.15, 0.2) is 0 Å². The molecule has 0 radical (unpaired) electrons. The number of nitrogens with zero attached hydrogens (tertiary/aromatic N) is 1. The van der Waals surface area contributed by atoms with Gasteiger partial charge in [-0.15, -0.1) is 0 Å². The van der Waals surface area contributed by atoms with E-state index >= 15 is 0 Å². The van der Waals surface area contributed by atoms with Crippen molar-refractivity contribution in [3.63, 3.8) is 0 Å². The lowest BCUT2D eigenvalue weighted by Gasteiger charge is -2.19. The molecule has 1 heterocycles. The first-order valence-corrected chi connectivity index (χ1v) is 7.44. The molecule has 1 aromatic heterocycles. The number of fused-ring (bicyclic) bond motifs is 2. The molecule has 3 heteroatoms. The first-order chi connectivity index (χ1) is 10.9. The second-order valence-electron chi connectivity index (χ2n) is 5.55. The van der Waals surface area contributed by atoms with Crippen molar-refractivity contribution in [1.82, 2.24) is 4.98 Å². The number of H-pyrrole nitrogens is 1. The van der Waals surface area contributed by atoms with Gasteiger partial charge in [0, 0.05) is 28.2 Å². The van der Waals surface area contributed by atoms with Gasteiger partial charge >= 0.3 is 0 Å². The highest BCUT2D eigenvalue weighted by atomic mass is 16.4. The standard InChI is InChI=1S/C19H16N2O/c22-21-19-10-9-13-5-1-2-6-15(13)17(19)11-14-12-20-18-8-4-3-7-16(14)18/h1-8,11-12,20,22H,9-10H2. The molecule has 108 valence electrons. The third kappa shape index (κ3) is 2.02. The molecule has 0 saturated carbocycles. The van der Waals surface area contributed by atoms with E-state index < -0.39 is 0 Å². The van der Waals surface area contributed by atoms with Crippen LogP contribution in [0.5, 0.6) is 0 Å². The lowest BCUT2D eigenvalue weighted by atomic mass is 9.85. The number of hydrogen-bond acceptors (Lipinski definition) is 2. The van der Waals surface area contributed by atoms with Crippen LogP contribution >= 0.6 is 0 Å². The number of oxime groups is 1. The van der Waals surface area contributed by atoms with Gasteiger partial charge in [-0.1, -0.05) is 47.6 Å². The van der Waals surface area contributed by atoms with Gasteiger partial charge in [-0.05, 0) is 36.1 Å². The van der Waals surface area contributed by atoms with Crippen LogP contribution in [0.4, 0.5) is 0 Å². The first-order valence-electron chi connectivity index (χ1n) is 7.44. The minimum Gasteiger partial charge on any atom is -0.411 e. The van der Waals surface area contributed by atoms with E-state index in [1.54, 1.807) is 0 Å². The Morgan fingerprint density at radius 1 is 1.00 bits per heavy atom. The molecule has 3 nitrogen and oxygen atoms in total.